The number of ether oxygens (including phenoxy) is 2. The zero-order valence-electron chi connectivity index (χ0n) is 27.7. The molecule has 240 valence electrons. The fraction of sp³-hybridized carbons (Fsp3) is 0. The van der Waals surface area contributed by atoms with E-state index in [-0.39, 0.29) is 0 Å². The maximum atomic E-state index is 6.47. The maximum absolute atomic E-state index is 6.47. The van der Waals surface area contributed by atoms with Gasteiger partial charge in [0, 0.05) is 16.8 Å². The molecule has 9 aromatic carbocycles. The lowest BCUT2D eigenvalue weighted by molar-refractivity contribution is 0.439. The van der Waals surface area contributed by atoms with Crippen molar-refractivity contribution >= 4 is 49.4 Å². The van der Waals surface area contributed by atoms with Gasteiger partial charge in [-0.1, -0.05) is 127 Å². The lowest BCUT2D eigenvalue weighted by Gasteiger charge is -2.28. The minimum absolute atomic E-state index is 0.702. The van der Waals surface area contributed by atoms with Crippen LogP contribution in [0.1, 0.15) is 0 Å². The van der Waals surface area contributed by atoms with Crippen molar-refractivity contribution in [3.05, 3.63) is 188 Å². The second-order valence-electron chi connectivity index (χ2n) is 12.9. The van der Waals surface area contributed by atoms with Gasteiger partial charge in [-0.3, -0.25) is 0 Å². The van der Waals surface area contributed by atoms with Gasteiger partial charge in [-0.15, -0.1) is 0 Å². The number of fused-ring (bicyclic) bond motifs is 4. The van der Waals surface area contributed by atoms with Crippen LogP contribution >= 0.6 is 0 Å². The van der Waals surface area contributed by atoms with Crippen molar-refractivity contribution in [3.63, 3.8) is 0 Å². The molecule has 0 saturated carbocycles. The van der Waals surface area contributed by atoms with Crippen LogP contribution in [0.2, 0.25) is 0 Å². The minimum Gasteiger partial charge on any atom is -0.453 e. The smallest absolute Gasteiger partial charge is 0.169 e. The molecule has 10 rings (SSSR count). The number of anilines is 3. The number of hydrogen-bond acceptors (Lipinski definition) is 3. The fourth-order valence-electron chi connectivity index (χ4n) is 7.49. The first-order valence-electron chi connectivity index (χ1n) is 17.3. The van der Waals surface area contributed by atoms with Crippen molar-refractivity contribution in [3.8, 4) is 45.3 Å². The Morgan fingerprint density at radius 1 is 0.333 bits per heavy atom. The van der Waals surface area contributed by atoms with E-state index >= 15 is 0 Å². The number of para-hydroxylation sites is 2. The maximum Gasteiger partial charge on any atom is 0.169 e. The van der Waals surface area contributed by atoms with Crippen molar-refractivity contribution in [1.29, 1.82) is 0 Å². The van der Waals surface area contributed by atoms with Gasteiger partial charge in [0.05, 0.1) is 11.1 Å². The topological polar surface area (TPSA) is 21.7 Å². The average Bonchev–Trinajstić information content (AvgIpc) is 3.37. The highest BCUT2D eigenvalue weighted by molar-refractivity contribution is 6.14. The van der Waals surface area contributed by atoms with Crippen molar-refractivity contribution in [1.82, 2.24) is 0 Å². The van der Waals surface area contributed by atoms with E-state index in [1.165, 1.54) is 43.8 Å². The summed E-state index contributed by atoms with van der Waals surface area (Å²) >= 11 is 0. The quantitative estimate of drug-likeness (QED) is 0.173. The molecule has 3 nitrogen and oxygen atoms in total. The Kier molecular flexibility index (Phi) is 6.81. The highest BCUT2D eigenvalue weighted by atomic mass is 16.5. The predicted molar refractivity (Wildman–Crippen MR) is 211 cm³/mol. The molecule has 0 amide bonds. The highest BCUT2D eigenvalue weighted by Gasteiger charge is 2.23. The Labute approximate surface area is 296 Å². The first kappa shape index (κ1) is 29.1. The van der Waals surface area contributed by atoms with Crippen LogP contribution in [0.3, 0.4) is 0 Å². The van der Waals surface area contributed by atoms with Gasteiger partial charge < -0.3 is 14.4 Å². The second-order valence-corrected chi connectivity index (χ2v) is 12.9. The second kappa shape index (κ2) is 11.9. The number of hydrogen-bond donors (Lipinski definition) is 0. The number of rotatable bonds is 5. The van der Waals surface area contributed by atoms with Crippen molar-refractivity contribution in [2.75, 3.05) is 4.90 Å². The molecule has 0 N–H and O–H groups in total. The molecule has 0 spiro atoms. The first-order chi connectivity index (χ1) is 25.3. The van der Waals surface area contributed by atoms with Crippen LogP contribution in [0, 0.1) is 0 Å². The summed E-state index contributed by atoms with van der Waals surface area (Å²) in [6.07, 6.45) is 0. The lowest BCUT2D eigenvalue weighted by Crippen LogP contribution is -2.10. The van der Waals surface area contributed by atoms with Crippen LogP contribution in [0.15, 0.2) is 188 Å². The summed E-state index contributed by atoms with van der Waals surface area (Å²) in [5.74, 6) is 2.94. The van der Waals surface area contributed by atoms with Crippen molar-refractivity contribution < 1.29 is 9.47 Å². The van der Waals surface area contributed by atoms with Crippen molar-refractivity contribution in [2.45, 2.75) is 0 Å². The predicted octanol–water partition coefficient (Wildman–Crippen LogP) is 13.8. The Bertz CT molecular complexity index is 2700. The summed E-state index contributed by atoms with van der Waals surface area (Å²) in [6, 6.07) is 66.2. The van der Waals surface area contributed by atoms with Gasteiger partial charge in [0.2, 0.25) is 0 Å². The van der Waals surface area contributed by atoms with Crippen LogP contribution in [0.25, 0.3) is 54.6 Å². The van der Waals surface area contributed by atoms with Crippen LogP contribution < -0.4 is 14.4 Å². The first-order valence-corrected chi connectivity index (χ1v) is 17.3. The SMILES string of the molecule is c1ccc(-c2ccc(N(c3ccc(-c4cc5ccccc5c5ccccc45)cc3)c3ccc4c5c(cccc35)Oc3ccccc3O4)cc2)cc1. The minimum atomic E-state index is 0.702. The van der Waals surface area contributed by atoms with E-state index in [0.29, 0.717) is 11.5 Å². The number of benzene rings is 9. The summed E-state index contributed by atoms with van der Waals surface area (Å²) in [4.78, 5) is 2.33. The van der Waals surface area contributed by atoms with Gasteiger partial charge in [0.1, 0.15) is 11.5 Å². The fourth-order valence-corrected chi connectivity index (χ4v) is 7.49. The summed E-state index contributed by atoms with van der Waals surface area (Å²) < 4.78 is 12.9. The summed E-state index contributed by atoms with van der Waals surface area (Å²) in [6.45, 7) is 0. The zero-order valence-corrected chi connectivity index (χ0v) is 27.7. The van der Waals surface area contributed by atoms with E-state index in [0.717, 1.165) is 39.3 Å². The Hall–Kier alpha value is -6.84. The summed E-state index contributed by atoms with van der Waals surface area (Å²) in [5, 5.41) is 7.00. The van der Waals surface area contributed by atoms with Gasteiger partial charge in [0.25, 0.3) is 0 Å². The molecule has 0 saturated heterocycles. The average molecular weight is 654 g/mol. The lowest BCUT2D eigenvalue weighted by atomic mass is 9.93. The molecule has 0 atom stereocenters. The molecule has 9 aromatic rings. The molecule has 1 aliphatic heterocycles. The Morgan fingerprint density at radius 2 is 0.863 bits per heavy atom. The zero-order chi connectivity index (χ0) is 33.7. The molecular formula is C48H31NO2. The van der Waals surface area contributed by atoms with Crippen LogP contribution in [0.4, 0.5) is 17.1 Å². The third-order valence-electron chi connectivity index (χ3n) is 9.91. The summed E-state index contributed by atoms with van der Waals surface area (Å²) in [7, 11) is 0. The van der Waals surface area contributed by atoms with Gasteiger partial charge in [0.15, 0.2) is 11.5 Å². The molecular weight excluding hydrogens is 623 g/mol. The van der Waals surface area contributed by atoms with E-state index in [9.17, 15) is 0 Å². The third-order valence-corrected chi connectivity index (χ3v) is 9.91. The Morgan fingerprint density at radius 3 is 1.59 bits per heavy atom. The van der Waals surface area contributed by atoms with E-state index < -0.39 is 0 Å². The molecule has 1 heterocycles. The largest absolute Gasteiger partial charge is 0.453 e. The van der Waals surface area contributed by atoms with E-state index in [1.807, 2.05) is 30.3 Å². The Balaban J connectivity index is 1.14. The molecule has 51 heavy (non-hydrogen) atoms. The highest BCUT2D eigenvalue weighted by Crippen LogP contribution is 2.50. The van der Waals surface area contributed by atoms with E-state index in [1.54, 1.807) is 0 Å². The van der Waals surface area contributed by atoms with Crippen LogP contribution in [-0.2, 0) is 0 Å². The molecule has 1 aliphatic rings. The molecule has 0 radical (unpaired) electrons. The third kappa shape index (κ3) is 4.98. The van der Waals surface area contributed by atoms with Gasteiger partial charge in [-0.2, -0.15) is 0 Å². The monoisotopic (exact) mass is 653 g/mol. The van der Waals surface area contributed by atoms with Crippen LogP contribution in [0.5, 0.6) is 23.0 Å². The normalized spacial score (nSPS) is 11.8. The molecule has 3 heteroatoms. The van der Waals surface area contributed by atoms with Gasteiger partial charge in [-0.25, -0.2) is 0 Å². The molecule has 0 aromatic heterocycles. The molecule has 0 bridgehead atoms. The van der Waals surface area contributed by atoms with E-state index in [2.05, 4.69) is 163 Å². The molecule has 0 unspecified atom stereocenters. The van der Waals surface area contributed by atoms with Crippen molar-refractivity contribution in [2.24, 2.45) is 0 Å². The summed E-state index contributed by atoms with van der Waals surface area (Å²) in [5.41, 5.74) is 7.90. The van der Waals surface area contributed by atoms with Crippen LogP contribution in [-0.4, -0.2) is 0 Å². The molecule has 0 fully saturated rings. The standard InChI is InChI=1S/C48H31NO2/c1-2-11-32(12-3-1)33-21-25-36(26-22-33)49(43-29-30-47-48-41(43)17-10-20-46(48)50-44-18-8-9-19-45(44)51-47)37-27-23-34(24-28-37)42-31-35-13-4-5-14-38(35)39-15-6-7-16-40(39)42/h1-31H. The number of nitrogens with zero attached hydrogens (tertiary/aromatic N) is 1. The van der Waals surface area contributed by atoms with Gasteiger partial charge in [-0.05, 0) is 104 Å². The molecule has 0 aliphatic carbocycles. The van der Waals surface area contributed by atoms with Gasteiger partial charge >= 0.3 is 0 Å². The van der Waals surface area contributed by atoms with E-state index in [4.69, 9.17) is 9.47 Å².